The van der Waals surface area contributed by atoms with Crippen LogP contribution in [0.5, 0.6) is 0 Å². The Labute approximate surface area is 89.9 Å². The largest absolute Gasteiger partial charge is 0.0616 e. The minimum atomic E-state index is 0.895. The van der Waals surface area contributed by atoms with Gasteiger partial charge in [0, 0.05) is 0 Å². The third-order valence-corrected chi connectivity index (χ3v) is 4.29. The van der Waals surface area contributed by atoms with Crippen molar-refractivity contribution >= 4 is 10.8 Å². The van der Waals surface area contributed by atoms with Crippen molar-refractivity contribution in [2.75, 3.05) is 0 Å². The minimum Gasteiger partial charge on any atom is -0.0616 e. The molecule has 0 amide bonds. The van der Waals surface area contributed by atoms with Gasteiger partial charge in [-0.15, -0.1) is 0 Å². The molecule has 4 rings (SSSR count). The van der Waals surface area contributed by atoms with Crippen LogP contribution < -0.4 is 0 Å². The molecule has 1 fully saturated rings. The number of hydrogen-bond acceptors (Lipinski definition) is 0. The highest BCUT2D eigenvalue weighted by Gasteiger charge is 2.41. The molecule has 74 valence electrons. The fourth-order valence-electron chi connectivity index (χ4n) is 3.63. The first kappa shape index (κ1) is 7.92. The van der Waals surface area contributed by atoms with Gasteiger partial charge in [-0.25, -0.2) is 0 Å². The first-order valence-electron chi connectivity index (χ1n) is 5.97. The molecule has 2 aliphatic carbocycles. The highest BCUT2D eigenvalue weighted by atomic mass is 14.4. The minimum absolute atomic E-state index is 0.895. The summed E-state index contributed by atoms with van der Waals surface area (Å²) in [5, 5.41) is 2.93. The molecule has 0 N–H and O–H groups in total. The summed E-state index contributed by atoms with van der Waals surface area (Å²) < 4.78 is 0. The van der Waals surface area contributed by atoms with E-state index in [0.717, 1.165) is 11.8 Å². The van der Waals surface area contributed by atoms with Crippen molar-refractivity contribution in [3.8, 4) is 0 Å². The van der Waals surface area contributed by atoms with Crippen LogP contribution in [0.4, 0.5) is 0 Å². The maximum absolute atomic E-state index is 2.37. The Balaban J connectivity index is 2.06. The highest BCUT2D eigenvalue weighted by Crippen LogP contribution is 2.58. The van der Waals surface area contributed by atoms with Crippen molar-refractivity contribution in [1.82, 2.24) is 0 Å². The predicted octanol–water partition coefficient (Wildman–Crippen LogP) is 4.20. The molecule has 0 bridgehead atoms. The molecule has 15 heavy (non-hydrogen) atoms. The SMILES string of the molecule is c1ccc2c3c(ccc2c1)C1CCCC31. The van der Waals surface area contributed by atoms with Crippen LogP contribution in [0.1, 0.15) is 42.2 Å². The molecule has 0 aromatic heterocycles. The second kappa shape index (κ2) is 2.63. The molecule has 2 aliphatic rings. The van der Waals surface area contributed by atoms with Crippen molar-refractivity contribution in [3.63, 3.8) is 0 Å². The molecule has 2 aromatic carbocycles. The van der Waals surface area contributed by atoms with E-state index < -0.39 is 0 Å². The molecule has 0 saturated heterocycles. The van der Waals surface area contributed by atoms with Crippen LogP contribution in [0.2, 0.25) is 0 Å². The van der Waals surface area contributed by atoms with E-state index >= 15 is 0 Å². The summed E-state index contributed by atoms with van der Waals surface area (Å²) in [6.45, 7) is 0. The van der Waals surface area contributed by atoms with Crippen LogP contribution in [0.3, 0.4) is 0 Å². The van der Waals surface area contributed by atoms with Gasteiger partial charge in [0.25, 0.3) is 0 Å². The maximum atomic E-state index is 2.37. The van der Waals surface area contributed by atoms with Crippen molar-refractivity contribution in [3.05, 3.63) is 47.5 Å². The molecule has 1 saturated carbocycles. The van der Waals surface area contributed by atoms with E-state index in [4.69, 9.17) is 0 Å². The molecule has 2 atom stereocenters. The first-order chi connectivity index (χ1) is 7.45. The fourth-order valence-corrected chi connectivity index (χ4v) is 3.63. The van der Waals surface area contributed by atoms with Gasteiger partial charge in [-0.1, -0.05) is 42.8 Å². The Morgan fingerprint density at radius 3 is 2.73 bits per heavy atom. The molecular weight excluding hydrogens is 180 g/mol. The van der Waals surface area contributed by atoms with Crippen LogP contribution in [0.15, 0.2) is 36.4 Å². The van der Waals surface area contributed by atoms with Gasteiger partial charge in [-0.2, -0.15) is 0 Å². The van der Waals surface area contributed by atoms with Gasteiger partial charge in [-0.3, -0.25) is 0 Å². The molecule has 2 unspecified atom stereocenters. The summed E-state index contributed by atoms with van der Waals surface area (Å²) >= 11 is 0. The van der Waals surface area contributed by atoms with E-state index in [1.807, 2.05) is 0 Å². The number of fused-ring (bicyclic) bond motifs is 6. The zero-order valence-electron chi connectivity index (χ0n) is 8.74. The fraction of sp³-hybridized carbons (Fsp3) is 0.333. The third kappa shape index (κ3) is 0.878. The molecular formula is C15H14. The average Bonchev–Trinajstić information content (AvgIpc) is 2.67. The first-order valence-corrected chi connectivity index (χ1v) is 5.97. The van der Waals surface area contributed by atoms with E-state index in [2.05, 4.69) is 36.4 Å². The van der Waals surface area contributed by atoms with E-state index in [-0.39, 0.29) is 0 Å². The van der Waals surface area contributed by atoms with E-state index in [1.165, 1.54) is 30.0 Å². The summed E-state index contributed by atoms with van der Waals surface area (Å²) in [5.74, 6) is 1.80. The number of benzene rings is 2. The van der Waals surface area contributed by atoms with Gasteiger partial charge in [0.2, 0.25) is 0 Å². The van der Waals surface area contributed by atoms with Crippen LogP contribution in [-0.4, -0.2) is 0 Å². The quantitative estimate of drug-likeness (QED) is 0.589. The van der Waals surface area contributed by atoms with Crippen LogP contribution in [0, 0.1) is 0 Å². The molecule has 0 aliphatic heterocycles. The van der Waals surface area contributed by atoms with Gasteiger partial charge < -0.3 is 0 Å². The second-order valence-corrected chi connectivity index (χ2v) is 4.93. The zero-order chi connectivity index (χ0) is 9.83. The van der Waals surface area contributed by atoms with Crippen LogP contribution in [-0.2, 0) is 0 Å². The topological polar surface area (TPSA) is 0 Å². The van der Waals surface area contributed by atoms with Crippen LogP contribution in [0.25, 0.3) is 10.8 Å². The van der Waals surface area contributed by atoms with Gasteiger partial charge in [-0.05, 0) is 46.6 Å². The van der Waals surface area contributed by atoms with E-state index in [0.29, 0.717) is 0 Å². The number of hydrogen-bond donors (Lipinski definition) is 0. The standard InChI is InChI=1S/C15H14/c1-2-5-11-10(4-1)8-9-14-12-6-3-7-13(12)15(11)14/h1-2,4-5,8-9,12-13H,3,6-7H2. The lowest BCUT2D eigenvalue weighted by Gasteiger charge is -2.36. The summed E-state index contributed by atoms with van der Waals surface area (Å²) in [4.78, 5) is 0. The Bertz CT molecular complexity index is 539. The number of rotatable bonds is 0. The van der Waals surface area contributed by atoms with E-state index in [9.17, 15) is 0 Å². The third-order valence-electron chi connectivity index (χ3n) is 4.29. The molecule has 0 radical (unpaired) electrons. The lowest BCUT2D eigenvalue weighted by Crippen LogP contribution is -2.19. The van der Waals surface area contributed by atoms with Crippen molar-refractivity contribution in [2.45, 2.75) is 31.1 Å². The van der Waals surface area contributed by atoms with E-state index in [1.54, 1.807) is 11.1 Å². The van der Waals surface area contributed by atoms with Gasteiger partial charge in [0.05, 0.1) is 0 Å². The lowest BCUT2D eigenvalue weighted by molar-refractivity contribution is 0.548. The molecule has 0 heterocycles. The van der Waals surface area contributed by atoms with Crippen molar-refractivity contribution in [2.24, 2.45) is 0 Å². The summed E-state index contributed by atoms with van der Waals surface area (Å²) in [6.07, 6.45) is 4.28. The molecule has 0 spiro atoms. The lowest BCUT2D eigenvalue weighted by atomic mass is 9.68. The Hall–Kier alpha value is -1.30. The van der Waals surface area contributed by atoms with Crippen LogP contribution >= 0.6 is 0 Å². The Morgan fingerprint density at radius 2 is 1.73 bits per heavy atom. The molecule has 2 aromatic rings. The smallest absolute Gasteiger partial charge is 0.00840 e. The summed E-state index contributed by atoms with van der Waals surface area (Å²) in [5.41, 5.74) is 3.33. The monoisotopic (exact) mass is 194 g/mol. The summed E-state index contributed by atoms with van der Waals surface area (Å²) in [6, 6.07) is 13.5. The normalized spacial score (nSPS) is 27.2. The Kier molecular flexibility index (Phi) is 1.39. The van der Waals surface area contributed by atoms with Crippen molar-refractivity contribution < 1.29 is 0 Å². The second-order valence-electron chi connectivity index (χ2n) is 4.93. The highest BCUT2D eigenvalue weighted by molar-refractivity contribution is 5.89. The average molecular weight is 194 g/mol. The maximum Gasteiger partial charge on any atom is -0.00840 e. The molecule has 0 heteroatoms. The van der Waals surface area contributed by atoms with Gasteiger partial charge in [0.15, 0.2) is 0 Å². The van der Waals surface area contributed by atoms with Gasteiger partial charge >= 0.3 is 0 Å². The molecule has 0 nitrogen and oxygen atoms in total. The van der Waals surface area contributed by atoms with Gasteiger partial charge in [0.1, 0.15) is 0 Å². The van der Waals surface area contributed by atoms with Crippen molar-refractivity contribution in [1.29, 1.82) is 0 Å². The zero-order valence-corrected chi connectivity index (χ0v) is 8.74. The summed E-state index contributed by atoms with van der Waals surface area (Å²) in [7, 11) is 0. The Morgan fingerprint density at radius 1 is 0.867 bits per heavy atom. The predicted molar refractivity (Wildman–Crippen MR) is 63.3 cm³/mol.